The van der Waals surface area contributed by atoms with Crippen molar-refractivity contribution >= 4 is 16.9 Å². The highest BCUT2D eigenvalue weighted by Crippen LogP contribution is 2.35. The molecule has 0 amide bonds. The Kier molecular flexibility index (Phi) is 5.43. The number of carboxylic acid groups (broad SMARTS) is 1. The first-order chi connectivity index (χ1) is 14.0. The van der Waals surface area contributed by atoms with Gasteiger partial charge in [-0.25, -0.2) is 4.79 Å². The molecule has 1 aliphatic heterocycles. The predicted octanol–water partition coefficient (Wildman–Crippen LogP) is 4.84. The van der Waals surface area contributed by atoms with Gasteiger partial charge in [0.1, 0.15) is 0 Å². The summed E-state index contributed by atoms with van der Waals surface area (Å²) in [7, 11) is 1.78. The summed E-state index contributed by atoms with van der Waals surface area (Å²) in [6.07, 6.45) is 4.15. The molecule has 0 aliphatic carbocycles. The maximum Gasteiger partial charge on any atom is 0.335 e. The van der Waals surface area contributed by atoms with Crippen LogP contribution in [0.4, 0.5) is 0 Å². The maximum atomic E-state index is 11.2. The van der Waals surface area contributed by atoms with Crippen LogP contribution in [0.2, 0.25) is 0 Å². The Labute approximate surface area is 171 Å². The van der Waals surface area contributed by atoms with Crippen LogP contribution in [0.25, 0.3) is 10.9 Å². The van der Waals surface area contributed by atoms with E-state index >= 15 is 0 Å². The number of benzene rings is 2. The standard InChI is InChI=1S/C24H28N2O3/c1-15-12-16(2)23-20(8-10-25-23)21(15)14-26-11-9-19(29-3)13-22(26)17-4-6-18(7-5-17)24(27)28/h4-8,10,12,19,22,25H,9,11,13-14H2,1-3H3,(H,27,28)/t19-,22+/m1/s1. The Bertz CT molecular complexity index is 1020. The minimum atomic E-state index is -0.892. The summed E-state index contributed by atoms with van der Waals surface area (Å²) >= 11 is 0. The number of H-pyrrole nitrogens is 1. The zero-order valence-corrected chi connectivity index (χ0v) is 17.2. The molecular weight excluding hydrogens is 364 g/mol. The van der Waals surface area contributed by atoms with Crippen molar-refractivity contribution in [2.24, 2.45) is 0 Å². The Hall–Kier alpha value is -2.63. The number of piperidine rings is 1. The molecule has 2 N–H and O–H groups in total. The molecule has 5 heteroatoms. The van der Waals surface area contributed by atoms with E-state index in [1.165, 1.54) is 27.6 Å². The first-order valence-corrected chi connectivity index (χ1v) is 10.1. The number of methoxy groups -OCH3 is 1. The average Bonchev–Trinajstić information content (AvgIpc) is 3.21. The van der Waals surface area contributed by atoms with Gasteiger partial charge in [-0.15, -0.1) is 0 Å². The molecule has 2 atom stereocenters. The van der Waals surface area contributed by atoms with Crippen molar-refractivity contribution in [1.29, 1.82) is 0 Å². The highest BCUT2D eigenvalue weighted by molar-refractivity contribution is 5.88. The van der Waals surface area contributed by atoms with Crippen molar-refractivity contribution in [1.82, 2.24) is 9.88 Å². The van der Waals surface area contributed by atoms with Crippen molar-refractivity contribution in [2.75, 3.05) is 13.7 Å². The number of hydrogen-bond donors (Lipinski definition) is 2. The van der Waals surface area contributed by atoms with E-state index in [2.05, 4.69) is 35.9 Å². The van der Waals surface area contributed by atoms with Crippen LogP contribution in [0.5, 0.6) is 0 Å². The van der Waals surface area contributed by atoms with Gasteiger partial charge in [0.05, 0.1) is 11.7 Å². The predicted molar refractivity (Wildman–Crippen MR) is 114 cm³/mol. The third-order valence-electron chi connectivity index (χ3n) is 6.28. The molecule has 1 aromatic heterocycles. The molecule has 0 saturated carbocycles. The van der Waals surface area contributed by atoms with Crippen molar-refractivity contribution in [2.45, 2.75) is 45.4 Å². The molecule has 3 aromatic rings. The normalized spacial score (nSPS) is 20.2. The van der Waals surface area contributed by atoms with Gasteiger partial charge < -0.3 is 14.8 Å². The summed E-state index contributed by atoms with van der Waals surface area (Å²) in [6, 6.07) is 11.9. The number of ether oxygens (including phenoxy) is 1. The SMILES string of the molecule is CO[C@@H]1CCN(Cc2c(C)cc(C)c3[nH]ccc23)[C@H](c2ccc(C(=O)O)cc2)C1. The minimum absolute atomic E-state index is 0.200. The second kappa shape index (κ2) is 8.01. The number of likely N-dealkylation sites (tertiary alicyclic amines) is 1. The van der Waals surface area contributed by atoms with Crippen molar-refractivity contribution < 1.29 is 14.6 Å². The Morgan fingerprint density at radius 3 is 2.66 bits per heavy atom. The number of fused-ring (bicyclic) bond motifs is 1. The number of nitrogens with one attached hydrogen (secondary N) is 1. The number of hydrogen-bond acceptors (Lipinski definition) is 3. The number of aryl methyl sites for hydroxylation is 2. The first-order valence-electron chi connectivity index (χ1n) is 10.1. The number of rotatable bonds is 5. The minimum Gasteiger partial charge on any atom is -0.478 e. The summed E-state index contributed by atoms with van der Waals surface area (Å²) in [5.41, 5.74) is 6.61. The molecule has 2 aromatic carbocycles. The molecule has 5 nitrogen and oxygen atoms in total. The Morgan fingerprint density at radius 2 is 1.97 bits per heavy atom. The lowest BCUT2D eigenvalue weighted by atomic mass is 9.91. The maximum absolute atomic E-state index is 11.2. The second-order valence-corrected chi connectivity index (χ2v) is 8.05. The van der Waals surface area contributed by atoms with Crippen LogP contribution >= 0.6 is 0 Å². The zero-order valence-electron chi connectivity index (χ0n) is 17.2. The van der Waals surface area contributed by atoms with Gasteiger partial charge >= 0.3 is 5.97 Å². The molecular formula is C24H28N2O3. The highest BCUT2D eigenvalue weighted by atomic mass is 16.5. The van der Waals surface area contributed by atoms with Crippen molar-refractivity contribution in [3.63, 3.8) is 0 Å². The van der Waals surface area contributed by atoms with Crippen LogP contribution in [-0.2, 0) is 11.3 Å². The fraction of sp³-hybridized carbons (Fsp3) is 0.375. The van der Waals surface area contributed by atoms with Gasteiger partial charge in [0.25, 0.3) is 0 Å². The summed E-state index contributed by atoms with van der Waals surface area (Å²) in [5, 5.41) is 10.5. The van der Waals surface area contributed by atoms with Crippen LogP contribution in [0, 0.1) is 13.8 Å². The molecule has 1 fully saturated rings. The van der Waals surface area contributed by atoms with Gasteiger partial charge in [0, 0.05) is 43.3 Å². The number of aromatic nitrogens is 1. The van der Waals surface area contributed by atoms with Crippen LogP contribution < -0.4 is 0 Å². The topological polar surface area (TPSA) is 65.6 Å². The summed E-state index contributed by atoms with van der Waals surface area (Å²) in [5.74, 6) is -0.892. The first kappa shape index (κ1) is 19.7. The molecule has 1 saturated heterocycles. The zero-order chi connectivity index (χ0) is 20.5. The monoisotopic (exact) mass is 392 g/mol. The number of aromatic carboxylic acids is 1. The van der Waals surface area contributed by atoms with Gasteiger partial charge in [-0.2, -0.15) is 0 Å². The lowest BCUT2D eigenvalue weighted by molar-refractivity contribution is 0.00690. The average molecular weight is 392 g/mol. The lowest BCUT2D eigenvalue weighted by Crippen LogP contribution is -2.39. The summed E-state index contributed by atoms with van der Waals surface area (Å²) < 4.78 is 5.67. The number of carboxylic acids is 1. The molecule has 0 bridgehead atoms. The second-order valence-electron chi connectivity index (χ2n) is 8.05. The van der Waals surface area contributed by atoms with E-state index < -0.39 is 5.97 Å². The summed E-state index contributed by atoms with van der Waals surface area (Å²) in [4.78, 5) is 17.1. The third-order valence-corrected chi connectivity index (χ3v) is 6.28. The van der Waals surface area contributed by atoms with Crippen LogP contribution in [0.3, 0.4) is 0 Å². The lowest BCUT2D eigenvalue weighted by Gasteiger charge is -2.39. The van der Waals surface area contributed by atoms with Crippen molar-refractivity contribution in [3.05, 3.63) is 70.4 Å². The van der Waals surface area contributed by atoms with Gasteiger partial charge in [-0.3, -0.25) is 4.90 Å². The van der Waals surface area contributed by atoms with E-state index in [0.717, 1.165) is 31.5 Å². The van der Waals surface area contributed by atoms with Gasteiger partial charge in [-0.05, 0) is 67.1 Å². The van der Waals surface area contributed by atoms with E-state index in [0.29, 0.717) is 5.56 Å². The largest absolute Gasteiger partial charge is 0.478 e. The molecule has 0 unspecified atom stereocenters. The molecule has 4 rings (SSSR count). The van der Waals surface area contributed by atoms with Crippen LogP contribution in [0.15, 0.2) is 42.6 Å². The van der Waals surface area contributed by atoms with Crippen LogP contribution in [-0.4, -0.2) is 40.7 Å². The van der Waals surface area contributed by atoms with E-state index in [-0.39, 0.29) is 12.1 Å². The molecule has 152 valence electrons. The fourth-order valence-electron chi connectivity index (χ4n) is 4.64. The molecule has 1 aliphatic rings. The molecule has 0 radical (unpaired) electrons. The third kappa shape index (κ3) is 3.80. The molecule has 29 heavy (non-hydrogen) atoms. The number of carbonyl (C=O) groups is 1. The van der Waals surface area contributed by atoms with Gasteiger partial charge in [0.15, 0.2) is 0 Å². The van der Waals surface area contributed by atoms with E-state index in [1.807, 2.05) is 18.3 Å². The van der Waals surface area contributed by atoms with E-state index in [4.69, 9.17) is 4.74 Å². The van der Waals surface area contributed by atoms with Gasteiger partial charge in [0.2, 0.25) is 0 Å². The summed E-state index contributed by atoms with van der Waals surface area (Å²) in [6.45, 7) is 6.14. The number of aromatic amines is 1. The van der Waals surface area contributed by atoms with E-state index in [1.54, 1.807) is 19.2 Å². The molecule has 2 heterocycles. The quantitative estimate of drug-likeness (QED) is 0.652. The molecule has 0 spiro atoms. The van der Waals surface area contributed by atoms with Gasteiger partial charge in [-0.1, -0.05) is 18.2 Å². The van der Waals surface area contributed by atoms with Crippen LogP contribution in [0.1, 0.15) is 51.5 Å². The Morgan fingerprint density at radius 1 is 1.21 bits per heavy atom. The Balaban J connectivity index is 1.68. The van der Waals surface area contributed by atoms with Crippen molar-refractivity contribution in [3.8, 4) is 0 Å². The smallest absolute Gasteiger partial charge is 0.335 e. The number of nitrogens with zero attached hydrogens (tertiary/aromatic N) is 1. The van der Waals surface area contributed by atoms with E-state index in [9.17, 15) is 9.90 Å². The fourth-order valence-corrected chi connectivity index (χ4v) is 4.64. The highest BCUT2D eigenvalue weighted by Gasteiger charge is 2.30.